The van der Waals surface area contributed by atoms with E-state index < -0.39 is 0 Å². The fraction of sp³-hybridized carbons (Fsp3) is 0.182. The Kier molecular flexibility index (Phi) is 1.68. The molecule has 0 atom stereocenters. The topological polar surface area (TPSA) is 56.0 Å². The van der Waals surface area contributed by atoms with Gasteiger partial charge in [0.05, 0.1) is 0 Å². The molecule has 2 aromatic rings. The van der Waals surface area contributed by atoms with Gasteiger partial charge in [0.25, 0.3) is 0 Å². The largest absolute Gasteiger partial charge is 0.342 e. The van der Waals surface area contributed by atoms with Crippen LogP contribution in [0.1, 0.15) is 22.3 Å². The highest BCUT2D eigenvalue weighted by molar-refractivity contribution is 6.02. The van der Waals surface area contributed by atoms with Crippen LogP contribution in [0.3, 0.4) is 0 Å². The Balaban J connectivity index is 2.23. The van der Waals surface area contributed by atoms with Gasteiger partial charge in [-0.15, -0.1) is 0 Å². The molecule has 0 unspecified atom stereocenters. The standard InChI is InChI=1S/C11H8N2O2/c14-10-5-4-7-8(10)2-1-3-9(7)11-12-6-15-13-11/h1-3,6H,4-5H2. The first-order chi connectivity index (χ1) is 7.36. The van der Waals surface area contributed by atoms with Gasteiger partial charge in [0.1, 0.15) is 0 Å². The first-order valence-electron chi connectivity index (χ1n) is 4.78. The van der Waals surface area contributed by atoms with Crippen LogP contribution in [0.4, 0.5) is 0 Å². The van der Waals surface area contributed by atoms with Crippen LogP contribution >= 0.6 is 0 Å². The summed E-state index contributed by atoms with van der Waals surface area (Å²) in [5.74, 6) is 0.761. The first kappa shape index (κ1) is 8.35. The summed E-state index contributed by atoms with van der Waals surface area (Å²) in [6.07, 6.45) is 2.66. The SMILES string of the molecule is O=C1CCc2c1cccc2-c1ncon1. The minimum Gasteiger partial charge on any atom is -0.342 e. The molecule has 1 aromatic heterocycles. The number of carbonyl (C=O) groups excluding carboxylic acids is 1. The van der Waals surface area contributed by atoms with E-state index in [9.17, 15) is 4.79 Å². The summed E-state index contributed by atoms with van der Waals surface area (Å²) in [6, 6.07) is 5.63. The van der Waals surface area contributed by atoms with Crippen molar-refractivity contribution in [3.8, 4) is 11.4 Å². The number of fused-ring (bicyclic) bond motifs is 1. The van der Waals surface area contributed by atoms with E-state index in [-0.39, 0.29) is 5.78 Å². The minimum absolute atomic E-state index is 0.204. The number of carbonyl (C=O) groups is 1. The van der Waals surface area contributed by atoms with Gasteiger partial charge in [0.2, 0.25) is 12.2 Å². The van der Waals surface area contributed by atoms with Crippen LogP contribution in [0.5, 0.6) is 0 Å². The Morgan fingerprint density at radius 3 is 2.87 bits per heavy atom. The molecule has 0 amide bonds. The van der Waals surface area contributed by atoms with E-state index >= 15 is 0 Å². The average molecular weight is 200 g/mol. The van der Waals surface area contributed by atoms with Crippen LogP contribution in [0.2, 0.25) is 0 Å². The van der Waals surface area contributed by atoms with Gasteiger partial charge in [-0.25, -0.2) is 0 Å². The maximum Gasteiger partial charge on any atom is 0.214 e. The van der Waals surface area contributed by atoms with Gasteiger partial charge in [-0.2, -0.15) is 4.98 Å². The van der Waals surface area contributed by atoms with Crippen molar-refractivity contribution in [1.82, 2.24) is 10.1 Å². The van der Waals surface area contributed by atoms with Crippen LogP contribution < -0.4 is 0 Å². The van der Waals surface area contributed by atoms with Crippen molar-refractivity contribution in [3.63, 3.8) is 0 Å². The van der Waals surface area contributed by atoms with Crippen LogP contribution in [0, 0.1) is 0 Å². The number of ketones is 1. The monoisotopic (exact) mass is 200 g/mol. The van der Waals surface area contributed by atoms with E-state index in [1.807, 2.05) is 18.2 Å². The molecule has 4 heteroatoms. The third-order valence-electron chi connectivity index (χ3n) is 2.68. The van der Waals surface area contributed by atoms with Crippen molar-refractivity contribution in [1.29, 1.82) is 0 Å². The summed E-state index contributed by atoms with van der Waals surface area (Å²) in [6.45, 7) is 0. The lowest BCUT2D eigenvalue weighted by molar-refractivity contribution is 0.0994. The van der Waals surface area contributed by atoms with Gasteiger partial charge >= 0.3 is 0 Å². The number of benzene rings is 1. The second kappa shape index (κ2) is 3.02. The highest BCUT2D eigenvalue weighted by atomic mass is 16.5. The molecule has 0 radical (unpaired) electrons. The van der Waals surface area contributed by atoms with Crippen LogP contribution in [0.15, 0.2) is 29.1 Å². The van der Waals surface area contributed by atoms with E-state index in [2.05, 4.69) is 10.1 Å². The highest BCUT2D eigenvalue weighted by Crippen LogP contribution is 2.30. The molecule has 0 fully saturated rings. The zero-order valence-corrected chi connectivity index (χ0v) is 7.93. The molecule has 1 aliphatic carbocycles. The molecule has 74 valence electrons. The Bertz CT molecular complexity index is 517. The van der Waals surface area contributed by atoms with Gasteiger partial charge in [-0.1, -0.05) is 23.4 Å². The molecule has 1 aromatic carbocycles. The Morgan fingerprint density at radius 1 is 1.20 bits per heavy atom. The highest BCUT2D eigenvalue weighted by Gasteiger charge is 2.23. The number of Topliss-reactive ketones (excluding diaryl/α,β-unsaturated/α-hetero) is 1. The lowest BCUT2D eigenvalue weighted by atomic mass is 10.0. The first-order valence-corrected chi connectivity index (χ1v) is 4.78. The lowest BCUT2D eigenvalue weighted by Crippen LogP contribution is -1.92. The van der Waals surface area contributed by atoms with Gasteiger partial charge in [0.15, 0.2) is 5.78 Å². The molecule has 1 aliphatic rings. The summed E-state index contributed by atoms with van der Waals surface area (Å²) in [5.41, 5.74) is 2.76. The fourth-order valence-corrected chi connectivity index (χ4v) is 1.99. The van der Waals surface area contributed by atoms with Crippen LogP contribution in [0.25, 0.3) is 11.4 Å². The maximum atomic E-state index is 11.5. The van der Waals surface area contributed by atoms with Crippen molar-refractivity contribution in [2.24, 2.45) is 0 Å². The van der Waals surface area contributed by atoms with Crippen molar-refractivity contribution < 1.29 is 9.32 Å². The summed E-state index contributed by atoms with van der Waals surface area (Å²) in [7, 11) is 0. The quantitative estimate of drug-likeness (QED) is 0.705. The van der Waals surface area contributed by atoms with E-state index in [0.29, 0.717) is 12.2 Å². The smallest absolute Gasteiger partial charge is 0.214 e. The van der Waals surface area contributed by atoms with E-state index in [0.717, 1.165) is 23.1 Å². The second-order valence-corrected chi connectivity index (χ2v) is 3.51. The average Bonchev–Trinajstić information content (AvgIpc) is 2.88. The molecule has 0 saturated heterocycles. The lowest BCUT2D eigenvalue weighted by Gasteiger charge is -2.02. The number of aromatic nitrogens is 2. The fourth-order valence-electron chi connectivity index (χ4n) is 1.99. The van der Waals surface area contributed by atoms with E-state index in [1.165, 1.54) is 6.39 Å². The van der Waals surface area contributed by atoms with Crippen LogP contribution in [-0.2, 0) is 6.42 Å². The van der Waals surface area contributed by atoms with Crippen molar-refractivity contribution in [2.75, 3.05) is 0 Å². The van der Waals surface area contributed by atoms with Crippen molar-refractivity contribution >= 4 is 5.78 Å². The number of hydrogen-bond acceptors (Lipinski definition) is 4. The third-order valence-corrected chi connectivity index (χ3v) is 2.68. The van der Waals surface area contributed by atoms with Gasteiger partial charge in [0, 0.05) is 17.5 Å². The van der Waals surface area contributed by atoms with Gasteiger partial charge in [-0.3, -0.25) is 4.79 Å². The molecule has 4 nitrogen and oxygen atoms in total. The molecule has 3 rings (SSSR count). The van der Waals surface area contributed by atoms with Gasteiger partial charge < -0.3 is 4.52 Å². The molecule has 15 heavy (non-hydrogen) atoms. The summed E-state index contributed by atoms with van der Waals surface area (Å²) >= 11 is 0. The molecule has 0 spiro atoms. The normalized spacial score (nSPS) is 14.3. The zero-order chi connectivity index (χ0) is 10.3. The van der Waals surface area contributed by atoms with Crippen LogP contribution in [-0.4, -0.2) is 15.9 Å². The molecule has 0 bridgehead atoms. The molecular formula is C11H8N2O2. The zero-order valence-electron chi connectivity index (χ0n) is 7.93. The van der Waals surface area contributed by atoms with E-state index in [1.54, 1.807) is 0 Å². The molecule has 0 N–H and O–H groups in total. The molecule has 0 aliphatic heterocycles. The van der Waals surface area contributed by atoms with Crippen molar-refractivity contribution in [3.05, 3.63) is 35.7 Å². The Labute approximate surface area is 85.9 Å². The second-order valence-electron chi connectivity index (χ2n) is 3.51. The predicted molar refractivity (Wildman–Crippen MR) is 52.4 cm³/mol. The minimum atomic E-state index is 0.204. The molecular weight excluding hydrogens is 192 g/mol. The molecule has 0 saturated carbocycles. The van der Waals surface area contributed by atoms with E-state index in [4.69, 9.17) is 4.52 Å². The summed E-state index contributed by atoms with van der Waals surface area (Å²) in [4.78, 5) is 15.5. The molecule has 1 heterocycles. The third kappa shape index (κ3) is 1.18. The Morgan fingerprint density at radius 2 is 2.07 bits per heavy atom. The predicted octanol–water partition coefficient (Wildman–Crippen LogP) is 1.87. The van der Waals surface area contributed by atoms with Crippen molar-refractivity contribution in [2.45, 2.75) is 12.8 Å². The Hall–Kier alpha value is -1.97. The summed E-state index contributed by atoms with van der Waals surface area (Å²) < 4.78 is 4.71. The summed E-state index contributed by atoms with van der Waals surface area (Å²) in [5, 5.41) is 3.79. The number of rotatable bonds is 1. The van der Waals surface area contributed by atoms with Gasteiger partial charge in [-0.05, 0) is 12.0 Å². The number of nitrogens with zero attached hydrogens (tertiary/aromatic N) is 2. The maximum absolute atomic E-state index is 11.5. The number of hydrogen-bond donors (Lipinski definition) is 0.